The Hall–Kier alpha value is -4.78. The minimum absolute atomic E-state index is 0.0530. The second kappa shape index (κ2) is 4.63. The van der Waals surface area contributed by atoms with Crippen LogP contribution < -0.4 is 19.4 Å². The zero-order chi connectivity index (χ0) is 21.9. The van der Waals surface area contributed by atoms with Crippen molar-refractivity contribution in [3.05, 3.63) is 101 Å². The van der Waals surface area contributed by atoms with Crippen LogP contribution in [0.4, 0.5) is 0 Å². The highest BCUT2D eigenvalue weighted by molar-refractivity contribution is 6.18. The van der Waals surface area contributed by atoms with E-state index in [1.54, 1.807) is 0 Å². The van der Waals surface area contributed by atoms with Gasteiger partial charge in [0.1, 0.15) is 28.0 Å². The van der Waals surface area contributed by atoms with Crippen molar-refractivity contribution in [1.82, 2.24) is 14.3 Å². The molecule has 0 bridgehead atoms. The lowest BCUT2D eigenvalue weighted by molar-refractivity contribution is -0.787. The first kappa shape index (κ1) is 15.9. The molecule has 0 amide bonds. The second-order valence-corrected chi connectivity index (χ2v) is 9.29. The molecule has 7 nitrogen and oxygen atoms in total. The van der Waals surface area contributed by atoms with Crippen LogP contribution in [0.5, 0.6) is 11.5 Å². The van der Waals surface area contributed by atoms with E-state index < -0.39 is 5.66 Å². The van der Waals surface area contributed by atoms with E-state index in [1.807, 2.05) is 53.6 Å². The average molecular weight is 439 g/mol. The summed E-state index contributed by atoms with van der Waals surface area (Å²) >= 11 is 0. The van der Waals surface area contributed by atoms with Crippen LogP contribution in [0, 0.1) is 0 Å². The molecule has 0 aliphatic carbocycles. The minimum Gasteiger partial charge on any atom is -0.456 e. The number of ether oxygens (including phenoxy) is 1. The van der Waals surface area contributed by atoms with E-state index in [2.05, 4.69) is 44.1 Å². The lowest BCUT2D eigenvalue weighted by Crippen LogP contribution is -2.66. The first-order chi connectivity index (χ1) is 16.8. The summed E-state index contributed by atoms with van der Waals surface area (Å²) in [6.07, 6.45) is 5.87. The van der Waals surface area contributed by atoms with Crippen molar-refractivity contribution >= 4 is 38.2 Å². The van der Waals surface area contributed by atoms with Crippen LogP contribution in [0.3, 0.4) is 0 Å². The SMILES string of the molecule is O=c1c2cccc3c4ccc5c6c4n(c23)c2c1ccc[n+]2C61c2c(cccc2-[n+]2ccnn21)O5. The molecule has 0 saturated heterocycles. The molecule has 0 radical (unpaired) electrons. The Morgan fingerprint density at radius 3 is 2.59 bits per heavy atom. The third-order valence-electron chi connectivity index (χ3n) is 7.98. The Bertz CT molecular complexity index is 2190. The largest absolute Gasteiger partial charge is 0.456 e. The van der Waals surface area contributed by atoms with Crippen LogP contribution in [-0.2, 0) is 5.66 Å². The zero-order valence-corrected chi connectivity index (χ0v) is 17.6. The average Bonchev–Trinajstić information content (AvgIpc) is 3.55. The molecule has 1 atom stereocenters. The first-order valence-electron chi connectivity index (χ1n) is 11.3. The van der Waals surface area contributed by atoms with Crippen molar-refractivity contribution in [2.24, 2.45) is 0 Å². The highest BCUT2D eigenvalue weighted by Gasteiger charge is 2.65. The van der Waals surface area contributed by atoms with E-state index >= 15 is 0 Å². The molecular formula is C27H13N5O2+2. The van der Waals surface area contributed by atoms with Gasteiger partial charge < -0.3 is 4.74 Å². The van der Waals surface area contributed by atoms with E-state index in [9.17, 15) is 4.79 Å². The molecule has 7 aromatic rings. The van der Waals surface area contributed by atoms with E-state index in [-0.39, 0.29) is 5.43 Å². The molecule has 4 aromatic heterocycles. The Morgan fingerprint density at radius 2 is 1.62 bits per heavy atom. The molecule has 10 rings (SSSR count). The fourth-order valence-corrected chi connectivity index (χ4v) is 6.89. The monoisotopic (exact) mass is 439 g/mol. The van der Waals surface area contributed by atoms with Gasteiger partial charge in [-0.05, 0) is 48.5 Å². The lowest BCUT2D eigenvalue weighted by Gasteiger charge is -2.33. The fraction of sp³-hybridized carbons (Fsp3) is 0.0370. The highest BCUT2D eigenvalue weighted by atomic mass is 16.5. The Morgan fingerprint density at radius 1 is 0.794 bits per heavy atom. The van der Waals surface area contributed by atoms with Crippen molar-refractivity contribution in [3.63, 3.8) is 0 Å². The van der Waals surface area contributed by atoms with Gasteiger partial charge in [0.15, 0.2) is 22.9 Å². The van der Waals surface area contributed by atoms with Gasteiger partial charge in [-0.15, -0.1) is 4.68 Å². The number of benzene rings is 3. The Labute approximate surface area is 190 Å². The predicted molar refractivity (Wildman–Crippen MR) is 123 cm³/mol. The molecule has 3 aromatic carbocycles. The molecule has 3 aliphatic rings. The standard InChI is InChI=1S/C27H13N5O2/c33-25-16-5-1-4-14-15-9-10-20-22-24(15)31(23(14)16)26-17(25)6-3-12-29(26)27(22)21-18(7-2-8-19(21)34-20)30-13-11-28-32(27)30/h1-13H/q+2. The van der Waals surface area contributed by atoms with Gasteiger partial charge in [0.2, 0.25) is 11.6 Å². The third-order valence-corrected chi connectivity index (χ3v) is 7.98. The number of rotatable bonds is 0. The van der Waals surface area contributed by atoms with Crippen LogP contribution in [-0.4, -0.2) is 14.3 Å². The van der Waals surface area contributed by atoms with Crippen molar-refractivity contribution in [2.45, 2.75) is 5.66 Å². The number of para-hydroxylation sites is 1. The Kier molecular flexibility index (Phi) is 2.17. The highest BCUT2D eigenvalue weighted by Crippen LogP contribution is 2.55. The fourth-order valence-electron chi connectivity index (χ4n) is 6.89. The summed E-state index contributed by atoms with van der Waals surface area (Å²) in [6, 6.07) is 20.3. The molecule has 0 saturated carbocycles. The van der Waals surface area contributed by atoms with Crippen molar-refractivity contribution in [2.75, 3.05) is 0 Å². The van der Waals surface area contributed by atoms with Gasteiger partial charge in [-0.3, -0.25) is 4.79 Å². The number of hydrogen-bond acceptors (Lipinski definition) is 3. The molecule has 0 fully saturated rings. The molecule has 1 spiro atoms. The summed E-state index contributed by atoms with van der Waals surface area (Å²) in [6.45, 7) is 0. The molecule has 1 unspecified atom stereocenters. The third kappa shape index (κ3) is 1.29. The number of pyridine rings is 2. The number of hydrogen-bond donors (Lipinski definition) is 0. The van der Waals surface area contributed by atoms with Crippen LogP contribution in [0.15, 0.2) is 84.0 Å². The zero-order valence-electron chi connectivity index (χ0n) is 17.6. The van der Waals surface area contributed by atoms with Gasteiger partial charge in [0.25, 0.3) is 0 Å². The predicted octanol–water partition coefficient (Wildman–Crippen LogP) is 2.99. The lowest BCUT2D eigenvalue weighted by atomic mass is 9.85. The van der Waals surface area contributed by atoms with E-state index in [0.29, 0.717) is 5.39 Å². The molecule has 3 aliphatic heterocycles. The smallest absolute Gasteiger partial charge is 0.327 e. The van der Waals surface area contributed by atoms with E-state index in [0.717, 1.165) is 61.2 Å². The number of nitrogens with zero attached hydrogens (tertiary/aromatic N) is 5. The van der Waals surface area contributed by atoms with Crippen LogP contribution in [0.2, 0.25) is 0 Å². The van der Waals surface area contributed by atoms with E-state index in [1.165, 1.54) is 0 Å². The van der Waals surface area contributed by atoms with Crippen LogP contribution in [0.1, 0.15) is 11.1 Å². The van der Waals surface area contributed by atoms with Gasteiger partial charge in [0.05, 0.1) is 11.6 Å². The molecule has 0 N–H and O–H groups in total. The van der Waals surface area contributed by atoms with Crippen molar-refractivity contribution in [1.29, 1.82) is 0 Å². The molecule has 7 heteroatoms. The quantitative estimate of drug-likeness (QED) is 0.270. The summed E-state index contributed by atoms with van der Waals surface area (Å²) < 4.78 is 13.1. The summed E-state index contributed by atoms with van der Waals surface area (Å²) in [7, 11) is 0. The maximum Gasteiger partial charge on any atom is 0.327 e. The van der Waals surface area contributed by atoms with E-state index in [4.69, 9.17) is 9.84 Å². The maximum atomic E-state index is 13.8. The second-order valence-electron chi connectivity index (χ2n) is 9.29. The summed E-state index contributed by atoms with van der Waals surface area (Å²) in [5.74, 6) is 1.61. The topological polar surface area (TPSA) is 56.3 Å². The van der Waals surface area contributed by atoms with Gasteiger partial charge >= 0.3 is 11.3 Å². The maximum absolute atomic E-state index is 13.8. The van der Waals surface area contributed by atoms with Gasteiger partial charge in [-0.25, -0.2) is 0 Å². The van der Waals surface area contributed by atoms with Gasteiger partial charge in [0, 0.05) is 20.7 Å². The number of aromatic nitrogens is 5. The number of fused-ring (bicyclic) bond motifs is 3. The van der Waals surface area contributed by atoms with Crippen LogP contribution in [0.25, 0.3) is 43.9 Å². The summed E-state index contributed by atoms with van der Waals surface area (Å²) in [5, 5.41) is 8.46. The van der Waals surface area contributed by atoms with Crippen molar-refractivity contribution in [3.8, 4) is 17.2 Å². The molecule has 7 heterocycles. The van der Waals surface area contributed by atoms with Gasteiger partial charge in [-0.1, -0.05) is 12.1 Å². The normalized spacial score (nSPS) is 18.5. The summed E-state index contributed by atoms with van der Waals surface area (Å²) in [5.41, 5.74) is 5.26. The first-order valence-corrected chi connectivity index (χ1v) is 11.3. The molecular weight excluding hydrogens is 426 g/mol. The Balaban J connectivity index is 1.65. The van der Waals surface area contributed by atoms with Crippen LogP contribution >= 0.6 is 0 Å². The summed E-state index contributed by atoms with van der Waals surface area (Å²) in [4.78, 5) is 15.8. The molecule has 34 heavy (non-hydrogen) atoms. The van der Waals surface area contributed by atoms with Crippen molar-refractivity contribution < 1.29 is 14.0 Å². The minimum atomic E-state index is -0.810. The van der Waals surface area contributed by atoms with Gasteiger partial charge in [-0.2, -0.15) is 8.97 Å². The molecule has 156 valence electrons.